The lowest BCUT2D eigenvalue weighted by molar-refractivity contribution is 0.0922. The summed E-state index contributed by atoms with van der Waals surface area (Å²) in [5, 5.41) is 5.96. The molecule has 3 rings (SSSR count). The molecule has 1 heterocycles. The molecule has 142 valence electrons. The summed E-state index contributed by atoms with van der Waals surface area (Å²) in [4.78, 5) is 28.9. The Hall–Kier alpha value is -2.69. The number of pyridine rings is 1. The van der Waals surface area contributed by atoms with Gasteiger partial charge < -0.3 is 10.6 Å². The quantitative estimate of drug-likeness (QED) is 0.738. The standard InChI is InChI=1S/C22H27N3O2/c26-21(24-14-7-10-17-8-3-1-4-9-17)18-13-15-23-20(16-18)22(27)25-19-11-5-2-6-12-19/h1,3-4,8-9,13,15-16,19H,2,5-7,10-12,14H2,(H,24,26)(H,25,27). The number of carbonyl (C=O) groups excluding carboxylic acids is 2. The molecule has 1 fully saturated rings. The number of aryl methyl sites for hydroxylation is 1. The Kier molecular flexibility index (Phi) is 6.97. The first-order valence-corrected chi connectivity index (χ1v) is 9.81. The van der Waals surface area contributed by atoms with Crippen LogP contribution in [0.25, 0.3) is 0 Å². The third-order valence-electron chi connectivity index (χ3n) is 4.97. The maximum Gasteiger partial charge on any atom is 0.270 e. The highest BCUT2D eigenvalue weighted by Crippen LogP contribution is 2.17. The Morgan fingerprint density at radius 2 is 1.78 bits per heavy atom. The molecule has 0 saturated heterocycles. The van der Waals surface area contributed by atoms with E-state index in [1.54, 1.807) is 12.1 Å². The van der Waals surface area contributed by atoms with E-state index in [2.05, 4.69) is 27.8 Å². The number of rotatable bonds is 7. The van der Waals surface area contributed by atoms with E-state index in [0.717, 1.165) is 38.5 Å². The minimum absolute atomic E-state index is 0.169. The average molecular weight is 365 g/mol. The van der Waals surface area contributed by atoms with Crippen LogP contribution in [-0.4, -0.2) is 29.4 Å². The number of amides is 2. The molecule has 1 aromatic heterocycles. The molecular weight excluding hydrogens is 338 g/mol. The summed E-state index contributed by atoms with van der Waals surface area (Å²) in [5.74, 6) is -0.363. The van der Waals surface area contributed by atoms with E-state index in [-0.39, 0.29) is 17.9 Å². The van der Waals surface area contributed by atoms with Gasteiger partial charge in [0.05, 0.1) is 0 Å². The molecule has 2 N–H and O–H groups in total. The molecule has 1 saturated carbocycles. The van der Waals surface area contributed by atoms with Crippen molar-refractivity contribution in [2.24, 2.45) is 0 Å². The summed E-state index contributed by atoms with van der Waals surface area (Å²) in [5.41, 5.74) is 2.04. The second kappa shape index (κ2) is 9.86. The predicted octanol–water partition coefficient (Wildman–Crippen LogP) is 3.51. The van der Waals surface area contributed by atoms with Crippen LogP contribution in [0.3, 0.4) is 0 Å². The molecule has 5 nitrogen and oxygen atoms in total. The van der Waals surface area contributed by atoms with Crippen molar-refractivity contribution in [2.75, 3.05) is 6.54 Å². The van der Waals surface area contributed by atoms with Gasteiger partial charge in [-0.2, -0.15) is 0 Å². The Bertz CT molecular complexity index is 755. The molecule has 0 bridgehead atoms. The Labute approximate surface area is 160 Å². The van der Waals surface area contributed by atoms with Crippen molar-refractivity contribution < 1.29 is 9.59 Å². The lowest BCUT2D eigenvalue weighted by Crippen LogP contribution is -2.36. The first-order valence-electron chi connectivity index (χ1n) is 9.81. The number of benzene rings is 1. The van der Waals surface area contributed by atoms with Crippen molar-refractivity contribution >= 4 is 11.8 Å². The summed E-state index contributed by atoms with van der Waals surface area (Å²) >= 11 is 0. The van der Waals surface area contributed by atoms with Gasteiger partial charge >= 0.3 is 0 Å². The molecule has 27 heavy (non-hydrogen) atoms. The molecule has 0 atom stereocenters. The molecule has 1 aliphatic carbocycles. The highest BCUT2D eigenvalue weighted by molar-refractivity contribution is 5.98. The Morgan fingerprint density at radius 3 is 2.56 bits per heavy atom. The smallest absolute Gasteiger partial charge is 0.270 e. The van der Waals surface area contributed by atoms with Crippen LogP contribution in [0.1, 0.15) is 64.9 Å². The molecule has 2 aromatic rings. The highest BCUT2D eigenvalue weighted by atomic mass is 16.2. The van der Waals surface area contributed by atoms with E-state index in [1.165, 1.54) is 18.2 Å². The van der Waals surface area contributed by atoms with E-state index < -0.39 is 0 Å². The lowest BCUT2D eigenvalue weighted by atomic mass is 9.95. The van der Waals surface area contributed by atoms with Crippen molar-refractivity contribution in [3.8, 4) is 0 Å². The van der Waals surface area contributed by atoms with Crippen molar-refractivity contribution in [1.29, 1.82) is 0 Å². The van der Waals surface area contributed by atoms with Gasteiger partial charge in [0.15, 0.2) is 0 Å². The SMILES string of the molecule is O=C(NCCCc1ccccc1)c1ccnc(C(=O)NC2CCCCC2)c1. The summed E-state index contributed by atoms with van der Waals surface area (Å²) in [7, 11) is 0. The number of nitrogens with one attached hydrogen (secondary N) is 2. The minimum Gasteiger partial charge on any atom is -0.352 e. The monoisotopic (exact) mass is 365 g/mol. The minimum atomic E-state index is -0.194. The Morgan fingerprint density at radius 1 is 1.00 bits per heavy atom. The van der Waals surface area contributed by atoms with E-state index in [1.807, 2.05) is 18.2 Å². The van der Waals surface area contributed by atoms with Gasteiger partial charge in [-0.25, -0.2) is 0 Å². The van der Waals surface area contributed by atoms with Gasteiger partial charge in [-0.3, -0.25) is 14.6 Å². The molecule has 0 spiro atoms. The van der Waals surface area contributed by atoms with Gasteiger partial charge in [0.25, 0.3) is 11.8 Å². The summed E-state index contributed by atoms with van der Waals surface area (Å²) in [6, 6.07) is 13.6. The highest BCUT2D eigenvalue weighted by Gasteiger charge is 2.18. The van der Waals surface area contributed by atoms with Gasteiger partial charge in [-0.1, -0.05) is 49.6 Å². The van der Waals surface area contributed by atoms with Crippen molar-refractivity contribution in [1.82, 2.24) is 15.6 Å². The molecule has 2 amide bonds. The Balaban J connectivity index is 1.48. The summed E-state index contributed by atoms with van der Waals surface area (Å²) in [6.45, 7) is 0.597. The zero-order chi connectivity index (χ0) is 18.9. The number of hydrogen-bond acceptors (Lipinski definition) is 3. The van der Waals surface area contributed by atoms with Crippen LogP contribution >= 0.6 is 0 Å². The third-order valence-corrected chi connectivity index (χ3v) is 4.97. The average Bonchev–Trinajstić information content (AvgIpc) is 2.72. The maximum atomic E-state index is 12.4. The van der Waals surface area contributed by atoms with Crippen LogP contribution in [0.4, 0.5) is 0 Å². The second-order valence-electron chi connectivity index (χ2n) is 7.08. The molecule has 0 radical (unpaired) electrons. The van der Waals surface area contributed by atoms with E-state index in [4.69, 9.17) is 0 Å². The van der Waals surface area contributed by atoms with Crippen molar-refractivity contribution in [3.63, 3.8) is 0 Å². The number of carbonyl (C=O) groups is 2. The second-order valence-corrected chi connectivity index (χ2v) is 7.08. The molecular formula is C22H27N3O2. The zero-order valence-electron chi connectivity index (χ0n) is 15.6. The van der Waals surface area contributed by atoms with Crippen molar-refractivity contribution in [2.45, 2.75) is 51.0 Å². The first-order chi connectivity index (χ1) is 13.2. The van der Waals surface area contributed by atoms with E-state index in [9.17, 15) is 9.59 Å². The molecule has 1 aliphatic rings. The number of hydrogen-bond donors (Lipinski definition) is 2. The third kappa shape index (κ3) is 5.91. The summed E-state index contributed by atoms with van der Waals surface area (Å²) < 4.78 is 0. The van der Waals surface area contributed by atoms with Crippen LogP contribution in [0.15, 0.2) is 48.7 Å². The van der Waals surface area contributed by atoms with Gasteiger partial charge in [0.2, 0.25) is 0 Å². The largest absolute Gasteiger partial charge is 0.352 e. The predicted molar refractivity (Wildman–Crippen MR) is 106 cm³/mol. The van der Waals surface area contributed by atoms with Crippen LogP contribution < -0.4 is 10.6 Å². The maximum absolute atomic E-state index is 12.4. The van der Waals surface area contributed by atoms with Crippen LogP contribution in [0, 0.1) is 0 Å². The number of aromatic nitrogens is 1. The van der Waals surface area contributed by atoms with Gasteiger partial charge in [0.1, 0.15) is 5.69 Å². The number of nitrogens with zero attached hydrogens (tertiary/aromatic N) is 1. The fourth-order valence-electron chi connectivity index (χ4n) is 3.44. The van der Waals surface area contributed by atoms with Crippen molar-refractivity contribution in [3.05, 3.63) is 65.5 Å². The van der Waals surface area contributed by atoms with Gasteiger partial charge in [0, 0.05) is 24.3 Å². The topological polar surface area (TPSA) is 71.1 Å². The van der Waals surface area contributed by atoms with Crippen LogP contribution in [0.5, 0.6) is 0 Å². The van der Waals surface area contributed by atoms with E-state index >= 15 is 0 Å². The van der Waals surface area contributed by atoms with Gasteiger partial charge in [-0.15, -0.1) is 0 Å². The van der Waals surface area contributed by atoms with E-state index in [0.29, 0.717) is 17.8 Å². The fourth-order valence-corrected chi connectivity index (χ4v) is 3.44. The molecule has 5 heteroatoms. The van der Waals surface area contributed by atoms with Gasteiger partial charge in [-0.05, 0) is 43.4 Å². The zero-order valence-corrected chi connectivity index (χ0v) is 15.6. The normalized spacial score (nSPS) is 14.5. The summed E-state index contributed by atoms with van der Waals surface area (Å²) in [6.07, 6.45) is 8.91. The fraction of sp³-hybridized carbons (Fsp3) is 0.409. The molecule has 0 unspecified atom stereocenters. The molecule has 1 aromatic carbocycles. The van der Waals surface area contributed by atoms with Crippen LogP contribution in [0.2, 0.25) is 0 Å². The molecule has 0 aliphatic heterocycles. The lowest BCUT2D eigenvalue weighted by Gasteiger charge is -2.22. The van der Waals surface area contributed by atoms with Crippen LogP contribution in [-0.2, 0) is 6.42 Å². The first kappa shape index (κ1) is 19.1.